The van der Waals surface area contributed by atoms with Gasteiger partial charge in [-0.25, -0.2) is 0 Å². The third-order valence-corrected chi connectivity index (χ3v) is 2.74. The lowest BCUT2D eigenvalue weighted by Gasteiger charge is -2.05. The van der Waals surface area contributed by atoms with Crippen LogP contribution in [-0.2, 0) is 0 Å². The number of unbranched alkanes of at least 4 members (excludes halogenated alkanes) is 6. The van der Waals surface area contributed by atoms with E-state index in [1.165, 1.54) is 0 Å². The van der Waals surface area contributed by atoms with Crippen molar-refractivity contribution in [3.05, 3.63) is 0 Å². The van der Waals surface area contributed by atoms with E-state index in [4.69, 9.17) is 15.9 Å². The van der Waals surface area contributed by atoms with Crippen LogP contribution in [0.3, 0.4) is 0 Å². The number of hydrogen-bond acceptors (Lipinski definition) is 3. The molecule has 0 spiro atoms. The first-order chi connectivity index (χ1) is 8.81. The summed E-state index contributed by atoms with van der Waals surface area (Å²) < 4.78 is 0. The molecule has 0 amide bonds. The Hall–Kier alpha value is -0.810. The molecule has 18 heavy (non-hydrogen) atoms. The highest BCUT2D eigenvalue weighted by atomic mass is 16.3. The van der Waals surface area contributed by atoms with Crippen LogP contribution in [0.15, 0.2) is 4.99 Å². The fraction of sp³-hybridized carbons (Fsp3) is 0.923. The van der Waals surface area contributed by atoms with Gasteiger partial charge in [0, 0.05) is 26.3 Å². The summed E-state index contributed by atoms with van der Waals surface area (Å²) in [5.74, 6) is 0.527. The molecule has 5 N–H and O–H groups in total. The molecule has 0 aromatic rings. The largest absolute Gasteiger partial charge is 0.396 e. The van der Waals surface area contributed by atoms with Crippen LogP contribution in [0.25, 0.3) is 0 Å². The zero-order valence-corrected chi connectivity index (χ0v) is 11.4. The number of aliphatic hydroxyl groups excluding tert-OH is 2. The lowest BCUT2D eigenvalue weighted by molar-refractivity contribution is 0.282. The first-order valence-electron chi connectivity index (χ1n) is 7.06. The molecule has 0 radical (unpaired) electrons. The summed E-state index contributed by atoms with van der Waals surface area (Å²) in [5, 5.41) is 20.3. The van der Waals surface area contributed by atoms with E-state index < -0.39 is 0 Å². The predicted octanol–water partition coefficient (Wildman–Crippen LogP) is 0.996. The van der Waals surface area contributed by atoms with E-state index in [1.54, 1.807) is 0 Å². The summed E-state index contributed by atoms with van der Waals surface area (Å²) in [4.78, 5) is 4.24. The molecule has 108 valence electrons. The highest BCUT2D eigenvalue weighted by Crippen LogP contribution is 1.99. The zero-order chi connectivity index (χ0) is 13.5. The summed E-state index contributed by atoms with van der Waals surface area (Å²) >= 11 is 0. The van der Waals surface area contributed by atoms with Crippen molar-refractivity contribution in [1.29, 1.82) is 0 Å². The van der Waals surface area contributed by atoms with Gasteiger partial charge in [0.05, 0.1) is 0 Å². The average molecular weight is 259 g/mol. The van der Waals surface area contributed by atoms with Gasteiger partial charge in [-0.05, 0) is 25.7 Å². The van der Waals surface area contributed by atoms with Gasteiger partial charge in [0.15, 0.2) is 5.96 Å². The number of nitrogens with zero attached hydrogens (tertiary/aromatic N) is 1. The van der Waals surface area contributed by atoms with Gasteiger partial charge < -0.3 is 21.3 Å². The Morgan fingerprint density at radius 1 is 0.833 bits per heavy atom. The van der Waals surface area contributed by atoms with Crippen LogP contribution in [0.2, 0.25) is 0 Å². The van der Waals surface area contributed by atoms with E-state index in [9.17, 15) is 0 Å². The minimum atomic E-state index is 0.281. The fourth-order valence-corrected chi connectivity index (χ4v) is 1.64. The van der Waals surface area contributed by atoms with Crippen molar-refractivity contribution in [2.24, 2.45) is 10.7 Å². The second-order valence-electron chi connectivity index (χ2n) is 4.47. The zero-order valence-electron chi connectivity index (χ0n) is 11.4. The fourth-order valence-electron chi connectivity index (χ4n) is 1.64. The topological polar surface area (TPSA) is 90.9 Å². The second-order valence-corrected chi connectivity index (χ2v) is 4.47. The molecular formula is C13H29N3O2. The lowest BCUT2D eigenvalue weighted by Crippen LogP contribution is -2.32. The summed E-state index contributed by atoms with van der Waals surface area (Å²) in [7, 11) is 0. The maximum Gasteiger partial charge on any atom is 0.188 e. The van der Waals surface area contributed by atoms with Gasteiger partial charge in [-0.15, -0.1) is 0 Å². The number of nitrogens with two attached hydrogens (primary N) is 1. The maximum absolute atomic E-state index is 8.62. The Morgan fingerprint density at radius 3 is 2.00 bits per heavy atom. The molecule has 5 heteroatoms. The van der Waals surface area contributed by atoms with Gasteiger partial charge in [0.2, 0.25) is 0 Å². The van der Waals surface area contributed by atoms with Crippen LogP contribution in [0, 0.1) is 0 Å². The SMILES string of the molecule is NC(=NCCCCCCO)NCCCCCCO. The summed E-state index contributed by atoms with van der Waals surface area (Å²) in [5.41, 5.74) is 5.71. The second kappa shape index (κ2) is 14.3. The Bertz CT molecular complexity index is 199. The Kier molecular flexibility index (Phi) is 13.6. The molecule has 0 unspecified atom stereocenters. The molecule has 0 saturated carbocycles. The number of nitrogens with one attached hydrogen (secondary N) is 1. The van der Waals surface area contributed by atoms with Gasteiger partial charge >= 0.3 is 0 Å². The van der Waals surface area contributed by atoms with Crippen LogP contribution in [0.5, 0.6) is 0 Å². The average Bonchev–Trinajstić information content (AvgIpc) is 2.38. The van der Waals surface area contributed by atoms with E-state index in [0.717, 1.165) is 64.5 Å². The van der Waals surface area contributed by atoms with Crippen molar-refractivity contribution in [1.82, 2.24) is 5.32 Å². The third kappa shape index (κ3) is 13.3. The number of hydrogen-bond donors (Lipinski definition) is 4. The van der Waals surface area contributed by atoms with E-state index in [1.807, 2.05) is 0 Å². The van der Waals surface area contributed by atoms with Crippen LogP contribution < -0.4 is 11.1 Å². The molecule has 0 aliphatic carbocycles. The Morgan fingerprint density at radius 2 is 1.39 bits per heavy atom. The van der Waals surface area contributed by atoms with E-state index in [2.05, 4.69) is 10.3 Å². The molecule has 0 heterocycles. The highest BCUT2D eigenvalue weighted by molar-refractivity contribution is 5.77. The summed E-state index contributed by atoms with van der Waals surface area (Å²) in [6, 6.07) is 0. The monoisotopic (exact) mass is 259 g/mol. The summed E-state index contributed by atoms with van der Waals surface area (Å²) in [6.45, 7) is 2.18. The van der Waals surface area contributed by atoms with Crippen molar-refractivity contribution in [2.45, 2.75) is 51.4 Å². The van der Waals surface area contributed by atoms with Crippen molar-refractivity contribution in [3.8, 4) is 0 Å². The third-order valence-electron chi connectivity index (χ3n) is 2.74. The van der Waals surface area contributed by atoms with Gasteiger partial charge in [-0.3, -0.25) is 4.99 Å². The normalized spacial score (nSPS) is 11.8. The number of rotatable bonds is 12. The molecule has 0 fully saturated rings. The van der Waals surface area contributed by atoms with Gasteiger partial charge in [0.25, 0.3) is 0 Å². The Labute approximate surface area is 110 Å². The van der Waals surface area contributed by atoms with Crippen LogP contribution >= 0.6 is 0 Å². The smallest absolute Gasteiger partial charge is 0.188 e. The minimum absolute atomic E-state index is 0.281. The summed E-state index contributed by atoms with van der Waals surface area (Å²) in [6.07, 6.45) is 8.19. The van der Waals surface area contributed by atoms with Gasteiger partial charge in [-0.1, -0.05) is 25.7 Å². The van der Waals surface area contributed by atoms with Crippen LogP contribution in [0.1, 0.15) is 51.4 Å². The standard InChI is InChI=1S/C13H29N3O2/c14-13(15-9-5-1-3-7-11-17)16-10-6-2-4-8-12-18/h17-18H,1-12H2,(H3,14,15,16). The highest BCUT2D eigenvalue weighted by Gasteiger charge is 1.93. The quantitative estimate of drug-likeness (QED) is 0.239. The van der Waals surface area contributed by atoms with Crippen molar-refractivity contribution in [3.63, 3.8) is 0 Å². The van der Waals surface area contributed by atoms with Gasteiger partial charge in [-0.2, -0.15) is 0 Å². The molecule has 0 atom stereocenters. The molecule has 0 aliphatic heterocycles. The molecule has 0 aromatic heterocycles. The number of aliphatic imine (C=N–C) groups is 1. The molecular weight excluding hydrogens is 230 g/mol. The molecule has 5 nitrogen and oxygen atoms in total. The molecule has 0 aromatic carbocycles. The van der Waals surface area contributed by atoms with Crippen molar-refractivity contribution < 1.29 is 10.2 Å². The van der Waals surface area contributed by atoms with Crippen molar-refractivity contribution in [2.75, 3.05) is 26.3 Å². The first-order valence-corrected chi connectivity index (χ1v) is 7.06. The Balaban J connectivity index is 3.26. The van der Waals surface area contributed by atoms with E-state index in [0.29, 0.717) is 5.96 Å². The van der Waals surface area contributed by atoms with Crippen LogP contribution in [-0.4, -0.2) is 42.5 Å². The van der Waals surface area contributed by atoms with Crippen LogP contribution in [0.4, 0.5) is 0 Å². The molecule has 0 saturated heterocycles. The van der Waals surface area contributed by atoms with E-state index >= 15 is 0 Å². The molecule has 0 rings (SSSR count). The van der Waals surface area contributed by atoms with Gasteiger partial charge in [0.1, 0.15) is 0 Å². The maximum atomic E-state index is 8.62. The number of aliphatic hydroxyl groups is 2. The van der Waals surface area contributed by atoms with E-state index in [-0.39, 0.29) is 13.2 Å². The molecule has 0 bridgehead atoms. The van der Waals surface area contributed by atoms with Crippen molar-refractivity contribution >= 4 is 5.96 Å². The molecule has 0 aliphatic rings. The lowest BCUT2D eigenvalue weighted by atomic mass is 10.2. The first kappa shape index (κ1) is 17.2. The number of guanidine groups is 1. The predicted molar refractivity (Wildman–Crippen MR) is 75.6 cm³/mol. The minimum Gasteiger partial charge on any atom is -0.396 e.